The van der Waals surface area contributed by atoms with Crippen LogP contribution in [-0.4, -0.2) is 26.8 Å². The van der Waals surface area contributed by atoms with Crippen LogP contribution >= 0.6 is 0 Å². The van der Waals surface area contributed by atoms with Gasteiger partial charge in [0.05, 0.1) is 6.20 Å². The van der Waals surface area contributed by atoms with Crippen molar-refractivity contribution < 1.29 is 0 Å². The van der Waals surface area contributed by atoms with E-state index in [0.717, 1.165) is 13.0 Å². The maximum atomic E-state index is 4.51. The number of benzene rings is 1. The number of aromatic nitrogens is 2. The highest BCUT2D eigenvalue weighted by molar-refractivity contribution is 5.67. The zero-order valence-corrected chi connectivity index (χ0v) is 14.0. The van der Waals surface area contributed by atoms with E-state index < -0.39 is 0 Å². The summed E-state index contributed by atoms with van der Waals surface area (Å²) in [6.07, 6.45) is 10.5. The van der Waals surface area contributed by atoms with Gasteiger partial charge in [0, 0.05) is 36.4 Å². The first kappa shape index (κ1) is 14.7. The summed E-state index contributed by atoms with van der Waals surface area (Å²) in [4.78, 5) is 2.69. The van der Waals surface area contributed by atoms with E-state index in [1.54, 1.807) is 0 Å². The van der Waals surface area contributed by atoms with Crippen molar-refractivity contribution in [2.45, 2.75) is 57.8 Å². The van der Waals surface area contributed by atoms with Crippen LogP contribution in [0.4, 0.5) is 0 Å². The summed E-state index contributed by atoms with van der Waals surface area (Å²) in [7, 11) is 0. The van der Waals surface area contributed by atoms with Gasteiger partial charge < -0.3 is 0 Å². The Balaban J connectivity index is 1.54. The Labute approximate surface area is 138 Å². The second-order valence-electron chi connectivity index (χ2n) is 7.16. The molecular formula is C20H25N3. The van der Waals surface area contributed by atoms with Gasteiger partial charge in [0.1, 0.15) is 0 Å². The number of rotatable bonds is 4. The first-order valence-corrected chi connectivity index (χ1v) is 8.75. The van der Waals surface area contributed by atoms with E-state index >= 15 is 0 Å². The van der Waals surface area contributed by atoms with Crippen molar-refractivity contribution in [1.29, 1.82) is 0 Å². The summed E-state index contributed by atoms with van der Waals surface area (Å²) in [5, 5.41) is 4.51. The second kappa shape index (κ2) is 5.97. The van der Waals surface area contributed by atoms with Crippen LogP contribution in [-0.2, 0) is 6.54 Å². The fourth-order valence-electron chi connectivity index (χ4n) is 3.96. The Morgan fingerprint density at radius 1 is 1.17 bits per heavy atom. The summed E-state index contributed by atoms with van der Waals surface area (Å²) in [6, 6.07) is 12.6. The van der Waals surface area contributed by atoms with Gasteiger partial charge in [-0.2, -0.15) is 5.10 Å². The lowest BCUT2D eigenvalue weighted by Crippen LogP contribution is -2.37. The summed E-state index contributed by atoms with van der Waals surface area (Å²) in [6.45, 7) is 5.43. The number of hydrogen-bond acceptors (Lipinski definition) is 2. The maximum absolute atomic E-state index is 4.51. The van der Waals surface area contributed by atoms with Crippen molar-refractivity contribution in [1.82, 2.24) is 14.7 Å². The Kier molecular flexibility index (Phi) is 3.82. The van der Waals surface area contributed by atoms with Crippen LogP contribution in [0.25, 0.3) is 5.57 Å². The van der Waals surface area contributed by atoms with E-state index in [0.29, 0.717) is 18.1 Å². The number of nitrogens with zero attached hydrogens (tertiary/aromatic N) is 3. The van der Waals surface area contributed by atoms with Crippen LogP contribution in [0.3, 0.4) is 0 Å². The van der Waals surface area contributed by atoms with Crippen LogP contribution in [0.2, 0.25) is 0 Å². The van der Waals surface area contributed by atoms with Crippen LogP contribution in [0, 0.1) is 0 Å². The number of hydrogen-bond donors (Lipinski definition) is 0. The molecule has 3 nitrogen and oxygen atoms in total. The number of fused-ring (bicyclic) bond motifs is 2. The molecule has 3 heterocycles. The van der Waals surface area contributed by atoms with Crippen molar-refractivity contribution in [3.05, 3.63) is 59.9 Å². The lowest BCUT2D eigenvalue weighted by atomic mass is 9.96. The summed E-state index contributed by atoms with van der Waals surface area (Å²) < 4.78 is 2.06. The highest BCUT2D eigenvalue weighted by Crippen LogP contribution is 2.39. The first-order valence-electron chi connectivity index (χ1n) is 8.75. The average molecular weight is 307 g/mol. The Morgan fingerprint density at radius 2 is 2.00 bits per heavy atom. The van der Waals surface area contributed by atoms with Crippen LogP contribution in [0.1, 0.15) is 50.3 Å². The molecule has 0 radical (unpaired) electrons. The van der Waals surface area contributed by atoms with Crippen LogP contribution < -0.4 is 0 Å². The molecule has 120 valence electrons. The molecule has 3 heteroatoms. The molecule has 0 saturated carbocycles. The molecule has 2 unspecified atom stereocenters. The van der Waals surface area contributed by atoms with E-state index in [1.165, 1.54) is 29.5 Å². The van der Waals surface area contributed by atoms with Gasteiger partial charge in [0.15, 0.2) is 0 Å². The van der Waals surface area contributed by atoms with Gasteiger partial charge >= 0.3 is 0 Å². The molecule has 0 amide bonds. The molecule has 1 saturated heterocycles. The molecule has 1 aromatic heterocycles. The van der Waals surface area contributed by atoms with Gasteiger partial charge in [-0.15, -0.1) is 0 Å². The predicted octanol–water partition coefficient (Wildman–Crippen LogP) is 4.28. The van der Waals surface area contributed by atoms with Gasteiger partial charge in [0.25, 0.3) is 0 Å². The van der Waals surface area contributed by atoms with Gasteiger partial charge in [0.2, 0.25) is 0 Å². The molecule has 1 fully saturated rings. The first-order chi connectivity index (χ1) is 11.2. The standard InChI is InChI=1S/C20H25N3/c1-15(2)23-14-18(12-21-23)17-10-19-8-9-20(11-17)22(19)13-16-6-4-3-5-7-16/h3-7,10,12,14-15,19-20H,8-9,11,13H2,1-2H3. The Hall–Kier alpha value is -1.87. The highest BCUT2D eigenvalue weighted by Gasteiger charge is 2.36. The summed E-state index contributed by atoms with van der Waals surface area (Å²) in [5.74, 6) is 0. The third-order valence-electron chi connectivity index (χ3n) is 5.25. The molecule has 1 aromatic carbocycles. The zero-order valence-electron chi connectivity index (χ0n) is 14.0. The van der Waals surface area contributed by atoms with Crippen molar-refractivity contribution >= 4 is 5.57 Å². The van der Waals surface area contributed by atoms with Crippen molar-refractivity contribution in [3.63, 3.8) is 0 Å². The highest BCUT2D eigenvalue weighted by atomic mass is 15.3. The topological polar surface area (TPSA) is 21.1 Å². The van der Waals surface area contributed by atoms with Crippen molar-refractivity contribution in [2.75, 3.05) is 0 Å². The molecule has 4 rings (SSSR count). The van der Waals surface area contributed by atoms with Gasteiger partial charge in [-0.05, 0) is 44.2 Å². The fourth-order valence-corrected chi connectivity index (χ4v) is 3.96. The molecule has 0 N–H and O–H groups in total. The molecular weight excluding hydrogens is 282 g/mol. The summed E-state index contributed by atoms with van der Waals surface area (Å²) >= 11 is 0. The van der Waals surface area contributed by atoms with Crippen LogP contribution in [0.5, 0.6) is 0 Å². The third kappa shape index (κ3) is 2.86. The van der Waals surface area contributed by atoms with Gasteiger partial charge in [-0.1, -0.05) is 36.4 Å². The van der Waals surface area contributed by atoms with E-state index in [4.69, 9.17) is 0 Å². The van der Waals surface area contributed by atoms with Gasteiger partial charge in [-0.25, -0.2) is 0 Å². The molecule has 23 heavy (non-hydrogen) atoms. The SMILES string of the molecule is CC(C)n1cc(C2=CC3CCC(C2)N3Cc2ccccc2)cn1. The average Bonchev–Trinajstić information content (AvgIpc) is 3.12. The zero-order chi connectivity index (χ0) is 15.8. The largest absolute Gasteiger partial charge is 0.289 e. The monoisotopic (exact) mass is 307 g/mol. The minimum absolute atomic E-state index is 0.430. The van der Waals surface area contributed by atoms with Crippen molar-refractivity contribution in [2.24, 2.45) is 0 Å². The second-order valence-corrected chi connectivity index (χ2v) is 7.16. The molecule has 2 aliphatic rings. The predicted molar refractivity (Wildman–Crippen MR) is 94.0 cm³/mol. The van der Waals surface area contributed by atoms with Crippen molar-refractivity contribution in [3.8, 4) is 0 Å². The summed E-state index contributed by atoms with van der Waals surface area (Å²) in [5.41, 5.74) is 4.23. The normalized spacial score (nSPS) is 24.2. The maximum Gasteiger partial charge on any atom is 0.0565 e. The molecule has 0 aliphatic carbocycles. The molecule has 2 atom stereocenters. The van der Waals surface area contributed by atoms with Gasteiger partial charge in [-0.3, -0.25) is 9.58 Å². The molecule has 2 aliphatic heterocycles. The van der Waals surface area contributed by atoms with E-state index in [9.17, 15) is 0 Å². The fraction of sp³-hybridized carbons (Fsp3) is 0.450. The molecule has 0 spiro atoms. The third-order valence-corrected chi connectivity index (χ3v) is 5.25. The lowest BCUT2D eigenvalue weighted by molar-refractivity contribution is 0.203. The lowest BCUT2D eigenvalue weighted by Gasteiger charge is -2.33. The molecule has 2 bridgehead atoms. The Morgan fingerprint density at radius 3 is 2.70 bits per heavy atom. The molecule has 2 aromatic rings. The quantitative estimate of drug-likeness (QED) is 0.840. The minimum Gasteiger partial charge on any atom is -0.289 e. The van der Waals surface area contributed by atoms with E-state index in [-0.39, 0.29) is 0 Å². The van der Waals surface area contributed by atoms with Crippen LogP contribution in [0.15, 0.2) is 48.8 Å². The smallest absolute Gasteiger partial charge is 0.0565 e. The minimum atomic E-state index is 0.430. The van der Waals surface area contributed by atoms with E-state index in [2.05, 4.69) is 71.1 Å². The van der Waals surface area contributed by atoms with E-state index in [1.807, 2.05) is 6.20 Å². The Bertz CT molecular complexity index is 699.